The van der Waals surface area contributed by atoms with Crippen molar-refractivity contribution in [2.24, 2.45) is 0 Å². The van der Waals surface area contributed by atoms with Crippen LogP contribution in [0.15, 0.2) is 24.7 Å². The van der Waals surface area contributed by atoms with Crippen LogP contribution >= 0.6 is 11.3 Å². The lowest BCUT2D eigenvalue weighted by Crippen LogP contribution is -1.82. The van der Waals surface area contributed by atoms with Gasteiger partial charge in [-0.3, -0.25) is 4.98 Å². The molecule has 0 saturated carbocycles. The zero-order valence-electron chi connectivity index (χ0n) is 6.51. The van der Waals surface area contributed by atoms with Crippen molar-refractivity contribution in [1.29, 1.82) is 0 Å². The third-order valence-corrected chi connectivity index (χ3v) is 2.83. The first-order valence-electron chi connectivity index (χ1n) is 3.76. The molecule has 4 nitrogen and oxygen atoms in total. The molecule has 5 heteroatoms. The lowest BCUT2D eigenvalue weighted by atomic mass is 10.4. The Hall–Kier alpha value is -1.62. The molecule has 3 rings (SSSR count). The number of hydrogen-bond acceptors (Lipinski definition) is 5. The van der Waals surface area contributed by atoms with Crippen LogP contribution in [0.3, 0.4) is 0 Å². The molecular formula is C8H4N4S. The first-order chi connectivity index (χ1) is 6.45. The Morgan fingerprint density at radius 2 is 2.15 bits per heavy atom. The number of rotatable bonds is 0. The maximum Gasteiger partial charge on any atom is 0.149 e. The number of nitrogens with zero attached hydrogens (tertiary/aromatic N) is 4. The molecule has 0 radical (unpaired) electrons. The number of hydrogen-bond donors (Lipinski definition) is 0. The van der Waals surface area contributed by atoms with E-state index in [4.69, 9.17) is 0 Å². The van der Waals surface area contributed by atoms with E-state index in [1.807, 2.05) is 12.1 Å². The number of aromatic nitrogens is 4. The van der Waals surface area contributed by atoms with Crippen molar-refractivity contribution < 1.29 is 0 Å². The van der Waals surface area contributed by atoms with Gasteiger partial charge in [0, 0.05) is 6.20 Å². The second-order valence-electron chi connectivity index (χ2n) is 2.57. The van der Waals surface area contributed by atoms with Crippen LogP contribution in [0.2, 0.25) is 0 Å². The lowest BCUT2D eigenvalue weighted by Gasteiger charge is -1.85. The van der Waals surface area contributed by atoms with E-state index in [0.29, 0.717) is 0 Å². The van der Waals surface area contributed by atoms with Gasteiger partial charge in [0.2, 0.25) is 0 Å². The molecule has 0 saturated heterocycles. The molecule has 0 aliphatic rings. The van der Waals surface area contributed by atoms with Crippen molar-refractivity contribution in [3.8, 4) is 0 Å². The molecule has 62 valence electrons. The highest BCUT2D eigenvalue weighted by atomic mass is 32.1. The van der Waals surface area contributed by atoms with Crippen LogP contribution in [0.5, 0.6) is 0 Å². The maximum atomic E-state index is 4.24. The fourth-order valence-corrected chi connectivity index (χ4v) is 2.18. The molecular weight excluding hydrogens is 184 g/mol. The van der Waals surface area contributed by atoms with Crippen LogP contribution in [0.25, 0.3) is 20.6 Å². The molecule has 3 aromatic rings. The molecule has 0 spiro atoms. The van der Waals surface area contributed by atoms with Gasteiger partial charge in [0.05, 0.1) is 4.70 Å². The summed E-state index contributed by atoms with van der Waals surface area (Å²) in [6.07, 6.45) is 3.21. The molecule has 0 N–H and O–H groups in total. The highest BCUT2D eigenvalue weighted by Gasteiger charge is 2.06. The van der Waals surface area contributed by atoms with Crippen LogP contribution in [-0.2, 0) is 0 Å². The summed E-state index contributed by atoms with van der Waals surface area (Å²) in [5, 5.41) is 7.75. The van der Waals surface area contributed by atoms with E-state index in [0.717, 1.165) is 20.6 Å². The minimum atomic E-state index is 0.795. The van der Waals surface area contributed by atoms with Crippen molar-refractivity contribution in [3.63, 3.8) is 0 Å². The van der Waals surface area contributed by atoms with E-state index in [-0.39, 0.29) is 0 Å². The van der Waals surface area contributed by atoms with Crippen molar-refractivity contribution in [3.05, 3.63) is 24.7 Å². The third kappa shape index (κ3) is 0.905. The van der Waals surface area contributed by atoms with Crippen molar-refractivity contribution >= 4 is 31.9 Å². The molecule has 13 heavy (non-hydrogen) atoms. The van der Waals surface area contributed by atoms with Gasteiger partial charge in [0.25, 0.3) is 0 Å². The molecule has 0 bridgehead atoms. The van der Waals surface area contributed by atoms with E-state index in [1.165, 1.54) is 6.33 Å². The van der Waals surface area contributed by atoms with Gasteiger partial charge in [-0.15, -0.1) is 21.5 Å². The van der Waals surface area contributed by atoms with Crippen LogP contribution in [0.4, 0.5) is 0 Å². The van der Waals surface area contributed by atoms with Crippen LogP contribution in [0, 0.1) is 0 Å². The predicted octanol–water partition coefficient (Wildman–Crippen LogP) is 1.63. The van der Waals surface area contributed by atoms with Gasteiger partial charge in [0.1, 0.15) is 22.2 Å². The van der Waals surface area contributed by atoms with Crippen LogP contribution < -0.4 is 0 Å². The monoisotopic (exact) mass is 188 g/mol. The Bertz CT molecular complexity index is 524. The standard InChI is InChI=1S/C8H4N4S/c1-2-5-6(9-3-1)7-8(13-5)10-4-11-12-7/h1-4H. The number of fused-ring (bicyclic) bond motifs is 3. The zero-order valence-corrected chi connectivity index (χ0v) is 7.32. The summed E-state index contributed by atoms with van der Waals surface area (Å²) in [6, 6.07) is 3.92. The quantitative estimate of drug-likeness (QED) is 0.538. The second kappa shape index (κ2) is 2.43. The molecule has 0 fully saturated rings. The lowest BCUT2D eigenvalue weighted by molar-refractivity contribution is 1.03. The van der Waals surface area contributed by atoms with Gasteiger partial charge in [-0.2, -0.15) is 0 Å². The van der Waals surface area contributed by atoms with Crippen molar-refractivity contribution in [1.82, 2.24) is 20.2 Å². The second-order valence-corrected chi connectivity index (χ2v) is 3.60. The Morgan fingerprint density at radius 1 is 1.15 bits per heavy atom. The Morgan fingerprint density at radius 3 is 3.15 bits per heavy atom. The Kier molecular flexibility index (Phi) is 1.28. The van der Waals surface area contributed by atoms with E-state index < -0.39 is 0 Å². The van der Waals surface area contributed by atoms with E-state index in [1.54, 1.807) is 17.5 Å². The van der Waals surface area contributed by atoms with E-state index in [9.17, 15) is 0 Å². The molecule has 0 atom stereocenters. The normalized spacial score (nSPS) is 11.1. The molecule has 3 aromatic heterocycles. The summed E-state index contributed by atoms with van der Waals surface area (Å²) in [6.45, 7) is 0. The average Bonchev–Trinajstić information content (AvgIpc) is 2.56. The first-order valence-corrected chi connectivity index (χ1v) is 4.58. The van der Waals surface area contributed by atoms with E-state index >= 15 is 0 Å². The van der Waals surface area contributed by atoms with E-state index in [2.05, 4.69) is 20.2 Å². The molecule has 0 unspecified atom stereocenters. The zero-order chi connectivity index (χ0) is 8.67. The maximum absolute atomic E-state index is 4.24. The topological polar surface area (TPSA) is 51.6 Å². The highest BCUT2D eigenvalue weighted by Crippen LogP contribution is 2.27. The molecule has 0 aliphatic heterocycles. The van der Waals surface area contributed by atoms with Crippen molar-refractivity contribution in [2.75, 3.05) is 0 Å². The first kappa shape index (κ1) is 6.85. The van der Waals surface area contributed by atoms with Gasteiger partial charge >= 0.3 is 0 Å². The van der Waals surface area contributed by atoms with Gasteiger partial charge < -0.3 is 0 Å². The Labute approximate surface area is 77.3 Å². The molecule has 0 aliphatic carbocycles. The van der Waals surface area contributed by atoms with Gasteiger partial charge in [-0.25, -0.2) is 4.98 Å². The predicted molar refractivity (Wildman–Crippen MR) is 50.5 cm³/mol. The van der Waals surface area contributed by atoms with Gasteiger partial charge in [-0.05, 0) is 12.1 Å². The Balaban J connectivity index is 2.64. The number of pyridine rings is 1. The summed E-state index contributed by atoms with van der Waals surface area (Å²) in [5.41, 5.74) is 1.69. The minimum Gasteiger partial charge on any atom is -0.253 e. The highest BCUT2D eigenvalue weighted by molar-refractivity contribution is 7.25. The smallest absolute Gasteiger partial charge is 0.149 e. The summed E-state index contributed by atoms with van der Waals surface area (Å²) in [5.74, 6) is 0. The van der Waals surface area contributed by atoms with Gasteiger partial charge in [0.15, 0.2) is 0 Å². The largest absolute Gasteiger partial charge is 0.253 e. The molecule has 0 amide bonds. The fourth-order valence-electron chi connectivity index (χ4n) is 1.24. The summed E-state index contributed by atoms with van der Waals surface area (Å²) >= 11 is 1.59. The van der Waals surface area contributed by atoms with Gasteiger partial charge in [-0.1, -0.05) is 0 Å². The van der Waals surface area contributed by atoms with Crippen molar-refractivity contribution in [2.45, 2.75) is 0 Å². The van der Waals surface area contributed by atoms with Crippen LogP contribution in [-0.4, -0.2) is 20.2 Å². The molecule has 3 heterocycles. The summed E-state index contributed by atoms with van der Waals surface area (Å²) in [7, 11) is 0. The molecule has 0 aromatic carbocycles. The number of thiophene rings is 1. The SMILES string of the molecule is c1cnc2c(c1)sc1ncnnc12. The van der Waals surface area contributed by atoms with Crippen LogP contribution in [0.1, 0.15) is 0 Å². The average molecular weight is 188 g/mol. The summed E-state index contributed by atoms with van der Waals surface area (Å²) in [4.78, 5) is 9.25. The summed E-state index contributed by atoms with van der Waals surface area (Å²) < 4.78 is 1.10. The third-order valence-electron chi connectivity index (χ3n) is 1.79. The minimum absolute atomic E-state index is 0.795. The fraction of sp³-hybridized carbons (Fsp3) is 0.